The maximum absolute atomic E-state index is 5.93. The second kappa shape index (κ2) is 46.2. The van der Waals surface area contributed by atoms with Gasteiger partial charge in [0.15, 0.2) is 27.3 Å². The highest BCUT2D eigenvalue weighted by molar-refractivity contribution is 7.12. The highest BCUT2D eigenvalue weighted by atomic mass is 35.6. The lowest BCUT2D eigenvalue weighted by Gasteiger charge is -2.12. The standard InChI is InChI=1S/C22H40O6S.C20H36O6S.CHCl3/c1-5-7-9-23-11-13-25-15-17-27-21-19(3)29-20(4)22(21)28-18-16-26-14-12-24-10-8-6-2;1-3-5-7-21-9-11-23-13-15-25-19-17-27-18-20(19)26-16-14-24-12-10-22-8-6-4-2;2-1(3)4/h5-18H2,1-4H3;17-18H,3-16H2,1-2H3;1H. The van der Waals surface area contributed by atoms with Crippen molar-refractivity contribution in [1.29, 1.82) is 0 Å². The van der Waals surface area contributed by atoms with Gasteiger partial charge in [0, 0.05) is 46.9 Å². The van der Waals surface area contributed by atoms with Crippen LogP contribution in [0.3, 0.4) is 0 Å². The molecular weight excluding hydrogens is 879 g/mol. The summed E-state index contributed by atoms with van der Waals surface area (Å²) in [6.45, 7) is 25.0. The zero-order valence-electron chi connectivity index (χ0n) is 37.4. The highest BCUT2D eigenvalue weighted by Crippen LogP contribution is 2.41. The predicted molar refractivity (Wildman–Crippen MR) is 248 cm³/mol. The molecule has 0 unspecified atom stereocenters. The summed E-state index contributed by atoms with van der Waals surface area (Å²) in [6.07, 6.45) is 9.00. The van der Waals surface area contributed by atoms with Crippen LogP contribution in [-0.4, -0.2) is 136 Å². The lowest BCUT2D eigenvalue weighted by atomic mass is 10.3. The monoisotopic (exact) mass is 954 g/mol. The minimum absolute atomic E-state index is 0.494. The molecular formula is C43H77Cl3O12S2. The molecule has 0 amide bonds. The van der Waals surface area contributed by atoms with E-state index in [4.69, 9.17) is 91.6 Å². The first kappa shape index (κ1) is 59.1. The molecule has 0 aliphatic carbocycles. The number of unbranched alkanes of at least 4 members (excludes halogenated alkanes) is 4. The number of rotatable bonds is 40. The minimum atomic E-state index is -0.750. The van der Waals surface area contributed by atoms with Crippen LogP contribution in [0.25, 0.3) is 0 Å². The summed E-state index contributed by atoms with van der Waals surface area (Å²) in [6, 6.07) is 0. The first-order chi connectivity index (χ1) is 29.3. The van der Waals surface area contributed by atoms with Crippen molar-refractivity contribution in [2.75, 3.05) is 132 Å². The molecule has 2 aromatic heterocycles. The minimum Gasteiger partial charge on any atom is -0.486 e. The van der Waals surface area contributed by atoms with Gasteiger partial charge in [0.1, 0.15) is 26.4 Å². The van der Waals surface area contributed by atoms with Gasteiger partial charge in [-0.05, 0) is 39.5 Å². The number of aryl methyl sites for hydroxylation is 2. The Balaban J connectivity index is 0.00000107. The van der Waals surface area contributed by atoms with E-state index in [1.54, 1.807) is 22.7 Å². The van der Waals surface area contributed by atoms with Crippen LogP contribution in [0, 0.1) is 13.8 Å². The van der Waals surface area contributed by atoms with Crippen LogP contribution in [0.1, 0.15) is 88.8 Å². The Labute approximate surface area is 385 Å². The van der Waals surface area contributed by atoms with Crippen molar-refractivity contribution in [3.63, 3.8) is 0 Å². The van der Waals surface area contributed by atoms with E-state index in [-0.39, 0.29) is 0 Å². The molecule has 0 saturated heterocycles. The summed E-state index contributed by atoms with van der Waals surface area (Å²) in [7, 11) is 0. The van der Waals surface area contributed by atoms with Crippen LogP contribution in [0.2, 0.25) is 0 Å². The molecule has 0 aliphatic rings. The Hall–Kier alpha value is -0.850. The van der Waals surface area contributed by atoms with Crippen molar-refractivity contribution in [2.45, 2.75) is 97.2 Å². The molecule has 0 saturated carbocycles. The normalized spacial score (nSPS) is 11.0. The van der Waals surface area contributed by atoms with Gasteiger partial charge >= 0.3 is 0 Å². The second-order valence-electron chi connectivity index (χ2n) is 12.9. The van der Waals surface area contributed by atoms with Crippen LogP contribution in [0.4, 0.5) is 0 Å². The molecule has 60 heavy (non-hydrogen) atoms. The highest BCUT2D eigenvalue weighted by Gasteiger charge is 2.16. The number of hydrogen-bond acceptors (Lipinski definition) is 14. The first-order valence-corrected chi connectivity index (χ1v) is 24.6. The molecule has 12 nitrogen and oxygen atoms in total. The van der Waals surface area contributed by atoms with Gasteiger partial charge in [-0.25, -0.2) is 0 Å². The van der Waals surface area contributed by atoms with E-state index >= 15 is 0 Å². The van der Waals surface area contributed by atoms with Crippen LogP contribution >= 0.6 is 57.5 Å². The summed E-state index contributed by atoms with van der Waals surface area (Å²) < 4.78 is 66.5. The zero-order valence-corrected chi connectivity index (χ0v) is 41.3. The molecule has 0 bridgehead atoms. The molecule has 0 radical (unpaired) electrons. The molecule has 0 aromatic carbocycles. The third-order valence-corrected chi connectivity index (χ3v) is 9.40. The summed E-state index contributed by atoms with van der Waals surface area (Å²) in [5, 5.41) is 3.87. The fourth-order valence-corrected chi connectivity index (χ4v) is 6.19. The van der Waals surface area contributed by atoms with Crippen molar-refractivity contribution in [1.82, 2.24) is 0 Å². The molecule has 2 aromatic rings. The van der Waals surface area contributed by atoms with Gasteiger partial charge in [0.05, 0.1) is 79.3 Å². The summed E-state index contributed by atoms with van der Waals surface area (Å²) in [5.41, 5.74) is 0. The Bertz CT molecular complexity index is 1080. The Morgan fingerprint density at radius 3 is 0.883 bits per heavy atom. The van der Waals surface area contributed by atoms with Crippen molar-refractivity contribution in [2.24, 2.45) is 0 Å². The number of hydrogen-bond donors (Lipinski definition) is 0. The van der Waals surface area contributed by atoms with Crippen molar-refractivity contribution >= 4 is 57.5 Å². The molecule has 2 heterocycles. The predicted octanol–water partition coefficient (Wildman–Crippen LogP) is 10.9. The van der Waals surface area contributed by atoms with Gasteiger partial charge in [0.2, 0.25) is 0 Å². The average molecular weight is 957 g/mol. The number of halogens is 3. The summed E-state index contributed by atoms with van der Waals surface area (Å²) in [5.74, 6) is 3.15. The van der Waals surface area contributed by atoms with Crippen LogP contribution in [0.5, 0.6) is 23.0 Å². The number of alkyl halides is 3. The Morgan fingerprint density at radius 1 is 0.383 bits per heavy atom. The molecule has 2 rings (SSSR count). The van der Waals surface area contributed by atoms with E-state index in [0.717, 1.165) is 111 Å². The zero-order chi connectivity index (χ0) is 44.2. The van der Waals surface area contributed by atoms with Crippen molar-refractivity contribution in [3.8, 4) is 23.0 Å². The van der Waals surface area contributed by atoms with Gasteiger partial charge in [0.25, 0.3) is 0 Å². The van der Waals surface area contributed by atoms with Crippen LogP contribution < -0.4 is 18.9 Å². The molecule has 0 fully saturated rings. The maximum Gasteiger partial charge on any atom is 0.180 e. The fourth-order valence-electron chi connectivity index (χ4n) is 4.56. The molecule has 0 spiro atoms. The van der Waals surface area contributed by atoms with Crippen LogP contribution in [-0.2, 0) is 37.9 Å². The van der Waals surface area contributed by atoms with E-state index in [2.05, 4.69) is 27.7 Å². The lowest BCUT2D eigenvalue weighted by molar-refractivity contribution is 0.0324. The topological polar surface area (TPSA) is 111 Å². The second-order valence-corrected chi connectivity index (χ2v) is 17.1. The smallest absolute Gasteiger partial charge is 0.180 e. The van der Waals surface area contributed by atoms with E-state index < -0.39 is 4.30 Å². The first-order valence-electron chi connectivity index (χ1n) is 21.5. The number of ether oxygens (including phenoxy) is 12. The molecule has 0 atom stereocenters. The van der Waals surface area contributed by atoms with Gasteiger partial charge in [-0.2, -0.15) is 0 Å². The summed E-state index contributed by atoms with van der Waals surface area (Å²) in [4.78, 5) is 2.23. The molecule has 0 aliphatic heterocycles. The molecule has 17 heteroatoms. The Morgan fingerprint density at radius 2 is 0.617 bits per heavy atom. The molecule has 0 N–H and O–H groups in total. The van der Waals surface area contributed by atoms with Gasteiger partial charge in [-0.3, -0.25) is 0 Å². The third kappa shape index (κ3) is 37.7. The van der Waals surface area contributed by atoms with E-state index in [0.29, 0.717) is 106 Å². The van der Waals surface area contributed by atoms with Gasteiger partial charge < -0.3 is 56.8 Å². The maximum atomic E-state index is 5.93. The average Bonchev–Trinajstić information content (AvgIpc) is 3.79. The fraction of sp³-hybridized carbons (Fsp3) is 0.814. The SMILES string of the molecule is CCCCOCCOCCOc1c(C)sc(C)c1OCCOCCOCCCC.CCCCOCCOCCOc1cscc1OCCOCCOCCCC.ClC(Cl)Cl. The summed E-state index contributed by atoms with van der Waals surface area (Å²) >= 11 is 17.7. The quantitative estimate of drug-likeness (QED) is 0.0468. The number of thiophene rings is 2. The van der Waals surface area contributed by atoms with E-state index in [9.17, 15) is 0 Å². The largest absolute Gasteiger partial charge is 0.486 e. The van der Waals surface area contributed by atoms with Crippen LogP contribution in [0.15, 0.2) is 10.8 Å². The lowest BCUT2D eigenvalue weighted by Crippen LogP contribution is -2.13. The third-order valence-electron chi connectivity index (χ3n) is 7.72. The van der Waals surface area contributed by atoms with Crippen molar-refractivity contribution < 1.29 is 56.8 Å². The van der Waals surface area contributed by atoms with E-state index in [1.807, 2.05) is 24.6 Å². The Kier molecular flexibility index (Phi) is 45.5. The molecule has 354 valence electrons. The van der Waals surface area contributed by atoms with Gasteiger partial charge in [-0.1, -0.05) is 88.2 Å². The van der Waals surface area contributed by atoms with Gasteiger partial charge in [-0.15, -0.1) is 22.7 Å². The van der Waals surface area contributed by atoms with E-state index in [1.165, 1.54) is 0 Å². The van der Waals surface area contributed by atoms with Crippen molar-refractivity contribution in [3.05, 3.63) is 20.5 Å².